The van der Waals surface area contributed by atoms with E-state index in [2.05, 4.69) is 312 Å². The van der Waals surface area contributed by atoms with Crippen molar-refractivity contribution in [1.82, 2.24) is 4.57 Å². The second-order valence-electron chi connectivity index (χ2n) is 21.2. The minimum absolute atomic E-state index is 0.823. The summed E-state index contributed by atoms with van der Waals surface area (Å²) in [6, 6.07) is 111. The molecule has 0 saturated carbocycles. The molecule has 3 aromatic heterocycles. The van der Waals surface area contributed by atoms with Crippen LogP contribution in [-0.2, 0) is 0 Å². The molecule has 0 aliphatic rings. The lowest BCUT2D eigenvalue weighted by Gasteiger charge is -2.30. The van der Waals surface area contributed by atoms with Gasteiger partial charge in [-0.3, -0.25) is 0 Å². The van der Waals surface area contributed by atoms with Gasteiger partial charge in [-0.05, 0) is 148 Å². The van der Waals surface area contributed by atoms with E-state index in [4.69, 9.17) is 8.83 Å². The summed E-state index contributed by atoms with van der Waals surface area (Å²) >= 11 is 0. The van der Waals surface area contributed by atoms with Crippen LogP contribution in [-0.4, -0.2) is 4.57 Å². The van der Waals surface area contributed by atoms with Gasteiger partial charge in [0.2, 0.25) is 0 Å². The molecule has 0 fully saturated rings. The van der Waals surface area contributed by atoms with E-state index in [9.17, 15) is 0 Å². The SMILES string of the molecule is c1ccc(-c2ccc(N(c3ccc(-c4ccccc4)cc3)c3cc(-c4cc5c6ccccc6n(-c6ccccc6)c5c5c4oc4ccccc45)cc(N(c4ccccc4)c4ccc(-c5cccc6oc7ccccc7c56)cc4)c3)cc2)cc1. The molecular weight excluding hydrogens is 1010 g/mol. The van der Waals surface area contributed by atoms with Crippen LogP contribution in [0.3, 0.4) is 0 Å². The third kappa shape index (κ3) is 8.25. The molecule has 13 aromatic carbocycles. The Labute approximate surface area is 480 Å². The van der Waals surface area contributed by atoms with Crippen molar-refractivity contribution in [1.29, 1.82) is 0 Å². The van der Waals surface area contributed by atoms with Crippen molar-refractivity contribution < 1.29 is 8.83 Å². The fourth-order valence-electron chi connectivity index (χ4n) is 12.5. The number of hydrogen-bond acceptors (Lipinski definition) is 4. The van der Waals surface area contributed by atoms with E-state index in [0.29, 0.717) is 0 Å². The summed E-state index contributed by atoms with van der Waals surface area (Å²) in [7, 11) is 0. The second-order valence-corrected chi connectivity index (χ2v) is 21.2. The Bertz CT molecular complexity index is 4960. The summed E-state index contributed by atoms with van der Waals surface area (Å²) in [5.74, 6) is 0. The molecule has 16 rings (SSSR count). The molecule has 5 nitrogen and oxygen atoms in total. The molecule has 0 amide bonds. The van der Waals surface area contributed by atoms with Crippen LogP contribution in [0.25, 0.3) is 116 Å². The Kier molecular flexibility index (Phi) is 11.5. The predicted octanol–water partition coefficient (Wildman–Crippen LogP) is 22.2. The highest BCUT2D eigenvalue weighted by molar-refractivity contribution is 6.27. The van der Waals surface area contributed by atoms with Crippen LogP contribution in [0.4, 0.5) is 34.1 Å². The van der Waals surface area contributed by atoms with Crippen molar-refractivity contribution in [3.63, 3.8) is 0 Å². The summed E-state index contributed by atoms with van der Waals surface area (Å²) in [5.41, 5.74) is 21.6. The van der Waals surface area contributed by atoms with E-state index in [0.717, 1.165) is 133 Å². The fourth-order valence-corrected chi connectivity index (χ4v) is 12.5. The van der Waals surface area contributed by atoms with E-state index < -0.39 is 0 Å². The highest BCUT2D eigenvalue weighted by Gasteiger charge is 2.26. The average Bonchev–Trinajstić information content (AvgIpc) is 1.99. The number of rotatable bonds is 11. The maximum absolute atomic E-state index is 7.24. The molecule has 0 atom stereocenters. The van der Waals surface area contributed by atoms with Gasteiger partial charge < -0.3 is 23.2 Å². The van der Waals surface area contributed by atoms with Crippen LogP contribution < -0.4 is 9.80 Å². The zero-order valence-electron chi connectivity index (χ0n) is 45.1. The maximum Gasteiger partial charge on any atom is 0.145 e. The summed E-state index contributed by atoms with van der Waals surface area (Å²) in [4.78, 5) is 4.78. The Morgan fingerprint density at radius 3 is 1.29 bits per heavy atom. The molecule has 0 unspecified atom stereocenters. The van der Waals surface area contributed by atoms with Gasteiger partial charge in [-0.1, -0.05) is 200 Å². The minimum atomic E-state index is 0.823. The number of aromatic nitrogens is 1. The van der Waals surface area contributed by atoms with Crippen LogP contribution in [0.2, 0.25) is 0 Å². The molecule has 0 spiro atoms. The van der Waals surface area contributed by atoms with Crippen LogP contribution in [0, 0.1) is 0 Å². The molecule has 83 heavy (non-hydrogen) atoms. The maximum atomic E-state index is 7.24. The number of hydrogen-bond donors (Lipinski definition) is 0. The third-order valence-corrected chi connectivity index (χ3v) is 16.3. The van der Waals surface area contributed by atoms with E-state index in [1.165, 1.54) is 16.5 Å². The number of para-hydroxylation sites is 5. The van der Waals surface area contributed by atoms with E-state index >= 15 is 0 Å². The lowest BCUT2D eigenvalue weighted by atomic mass is 9.96. The zero-order chi connectivity index (χ0) is 54.8. The van der Waals surface area contributed by atoms with Gasteiger partial charge in [0.05, 0.1) is 16.4 Å². The smallest absolute Gasteiger partial charge is 0.145 e. The van der Waals surface area contributed by atoms with Crippen LogP contribution in [0.5, 0.6) is 0 Å². The van der Waals surface area contributed by atoms with Crippen LogP contribution in [0.15, 0.2) is 318 Å². The van der Waals surface area contributed by atoms with E-state index in [-0.39, 0.29) is 0 Å². The fraction of sp³-hybridized carbons (Fsp3) is 0. The minimum Gasteiger partial charge on any atom is -0.456 e. The third-order valence-electron chi connectivity index (χ3n) is 16.3. The topological polar surface area (TPSA) is 37.7 Å². The van der Waals surface area contributed by atoms with Crippen molar-refractivity contribution in [3.8, 4) is 50.2 Å². The normalized spacial score (nSPS) is 11.6. The van der Waals surface area contributed by atoms with Crippen molar-refractivity contribution in [2.24, 2.45) is 0 Å². The molecule has 16 aromatic rings. The van der Waals surface area contributed by atoms with E-state index in [1.54, 1.807) is 0 Å². The van der Waals surface area contributed by atoms with Gasteiger partial charge in [0.1, 0.15) is 22.3 Å². The standard InChI is InChI=1S/C78H51N3O2/c1-5-20-52(21-6-1)54-36-42-60(43-37-54)80(61-44-38-55(39-45-61)53-22-7-2-8-23-53)64-49-57(69-51-70-66-28-13-16-32-71(66)81(59-26-11-4-12-27-59)77(70)76-68-30-15-18-34-73(68)83-78(69)76)48-63(50-64)79(58-24-9-3-10-25-58)62-46-40-56(41-47-62)65-31-19-35-74-75(65)67-29-14-17-33-72(67)82-74/h1-51H. The van der Waals surface area contributed by atoms with Crippen molar-refractivity contribution in [2.75, 3.05) is 9.80 Å². The van der Waals surface area contributed by atoms with Gasteiger partial charge in [-0.25, -0.2) is 0 Å². The Morgan fingerprint density at radius 1 is 0.253 bits per heavy atom. The summed E-state index contributed by atoms with van der Waals surface area (Å²) in [5, 5.41) is 6.66. The van der Waals surface area contributed by atoms with E-state index in [1.807, 2.05) is 12.1 Å². The molecule has 0 radical (unpaired) electrons. The first-order valence-corrected chi connectivity index (χ1v) is 28.2. The quantitative estimate of drug-likeness (QED) is 0.129. The summed E-state index contributed by atoms with van der Waals surface area (Å²) in [6.45, 7) is 0. The van der Waals surface area contributed by atoms with Gasteiger partial charge in [0.25, 0.3) is 0 Å². The van der Waals surface area contributed by atoms with Crippen molar-refractivity contribution in [3.05, 3.63) is 309 Å². The molecule has 0 N–H and O–H groups in total. The number of furan rings is 2. The predicted molar refractivity (Wildman–Crippen MR) is 346 cm³/mol. The lowest BCUT2D eigenvalue weighted by Crippen LogP contribution is -2.13. The van der Waals surface area contributed by atoms with Gasteiger partial charge >= 0.3 is 0 Å². The Balaban J connectivity index is 0.964. The molecule has 390 valence electrons. The molecule has 0 bridgehead atoms. The van der Waals surface area contributed by atoms with Gasteiger partial charge in [-0.2, -0.15) is 0 Å². The van der Waals surface area contributed by atoms with Crippen LogP contribution in [0.1, 0.15) is 0 Å². The average molecular weight is 1060 g/mol. The second kappa shape index (κ2) is 19.9. The first kappa shape index (κ1) is 47.8. The Hall–Kier alpha value is -11.1. The number of anilines is 6. The highest BCUT2D eigenvalue weighted by Crippen LogP contribution is 2.49. The lowest BCUT2D eigenvalue weighted by molar-refractivity contribution is 0.669. The monoisotopic (exact) mass is 1060 g/mol. The van der Waals surface area contributed by atoms with Gasteiger partial charge in [-0.15, -0.1) is 0 Å². The Morgan fingerprint density at radius 2 is 0.699 bits per heavy atom. The first-order valence-electron chi connectivity index (χ1n) is 28.2. The number of nitrogens with zero attached hydrogens (tertiary/aromatic N) is 3. The van der Waals surface area contributed by atoms with Crippen LogP contribution >= 0.6 is 0 Å². The van der Waals surface area contributed by atoms with Crippen molar-refractivity contribution in [2.45, 2.75) is 0 Å². The number of benzene rings is 13. The summed E-state index contributed by atoms with van der Waals surface area (Å²) < 4.78 is 16.0. The van der Waals surface area contributed by atoms with Crippen molar-refractivity contribution >= 4 is 99.8 Å². The zero-order valence-corrected chi connectivity index (χ0v) is 45.1. The largest absolute Gasteiger partial charge is 0.456 e. The highest BCUT2D eigenvalue weighted by atomic mass is 16.3. The summed E-state index contributed by atoms with van der Waals surface area (Å²) in [6.07, 6.45) is 0. The molecule has 3 heterocycles. The molecule has 0 saturated heterocycles. The van der Waals surface area contributed by atoms with Gasteiger partial charge in [0.15, 0.2) is 0 Å². The first-order chi connectivity index (χ1) is 41.2. The number of fused-ring (bicyclic) bond motifs is 10. The molecule has 5 heteroatoms. The van der Waals surface area contributed by atoms with Gasteiger partial charge in [0, 0.05) is 72.3 Å². The molecular formula is C78H51N3O2. The molecule has 0 aliphatic heterocycles. The molecule has 0 aliphatic carbocycles.